The Labute approximate surface area is 180 Å². The van der Waals surface area contributed by atoms with E-state index in [1.165, 1.54) is 24.3 Å². The zero-order chi connectivity index (χ0) is 23.1. The normalized spacial score (nSPS) is 11.8. The van der Waals surface area contributed by atoms with E-state index in [4.69, 9.17) is 0 Å². The highest BCUT2D eigenvalue weighted by molar-refractivity contribution is 7.89. The number of benzene rings is 2. The number of carbonyl (C=O) groups is 1. The van der Waals surface area contributed by atoms with Crippen LogP contribution in [0.25, 0.3) is 0 Å². The van der Waals surface area contributed by atoms with E-state index in [0.717, 1.165) is 24.3 Å². The monoisotopic (exact) mass is 470 g/mol. The fourth-order valence-electron chi connectivity index (χ4n) is 2.39. The molecule has 0 saturated carbocycles. The van der Waals surface area contributed by atoms with Crippen molar-refractivity contribution in [3.63, 3.8) is 0 Å². The van der Waals surface area contributed by atoms with Crippen LogP contribution in [-0.2, 0) is 24.8 Å². The Morgan fingerprint density at radius 2 is 1.35 bits per heavy atom. The van der Waals surface area contributed by atoms with E-state index < -0.39 is 30.9 Å². The fourth-order valence-corrected chi connectivity index (χ4v) is 4.56. The molecule has 0 aromatic heterocycles. The predicted molar refractivity (Wildman–Crippen MR) is 113 cm³/mol. The van der Waals surface area contributed by atoms with Crippen LogP contribution >= 0.6 is 0 Å². The second-order valence-corrected chi connectivity index (χ2v) is 9.90. The average molecular weight is 471 g/mol. The maximum atomic E-state index is 12.2. The number of nitro benzene ring substituents is 1. The van der Waals surface area contributed by atoms with Gasteiger partial charge in [0.25, 0.3) is 5.69 Å². The number of nitrogens with one attached hydrogen (secondary N) is 3. The number of carbonyl (C=O) groups excluding carboxylic acids is 1. The van der Waals surface area contributed by atoms with Crippen LogP contribution in [0.4, 0.5) is 11.4 Å². The number of non-ortho nitro benzene ring substituents is 1. The van der Waals surface area contributed by atoms with E-state index in [2.05, 4.69) is 14.8 Å². The quantitative estimate of drug-likeness (QED) is 0.331. The summed E-state index contributed by atoms with van der Waals surface area (Å²) in [6, 6.07) is 9.91. The number of amides is 1. The topological polar surface area (TPSA) is 165 Å². The summed E-state index contributed by atoms with van der Waals surface area (Å²) in [5.74, 6) is -0.480. The van der Waals surface area contributed by atoms with Crippen LogP contribution in [0.2, 0.25) is 0 Å². The molecular formula is C18H22N4O7S2. The maximum absolute atomic E-state index is 12.2. The van der Waals surface area contributed by atoms with Gasteiger partial charge in [-0.25, -0.2) is 26.3 Å². The first kappa shape index (κ1) is 24.4. The highest BCUT2D eigenvalue weighted by Gasteiger charge is 2.16. The Kier molecular flexibility index (Phi) is 8.21. The van der Waals surface area contributed by atoms with Crippen LogP contribution in [0.3, 0.4) is 0 Å². The number of nitro groups is 1. The van der Waals surface area contributed by atoms with E-state index in [-0.39, 0.29) is 28.4 Å². The number of nitrogens with zero attached hydrogens (tertiary/aromatic N) is 1. The van der Waals surface area contributed by atoms with Gasteiger partial charge in [0.05, 0.1) is 14.7 Å². The molecule has 0 saturated heterocycles. The second kappa shape index (κ2) is 10.4. The first-order chi connectivity index (χ1) is 14.5. The number of hydrogen-bond donors (Lipinski definition) is 3. The first-order valence-corrected chi connectivity index (χ1v) is 12.2. The Balaban J connectivity index is 1.88. The SMILES string of the molecule is CCCNS(=O)(=O)c1ccc(NC(=O)CCNS(=O)(=O)c2ccc([N+](=O)[O-])cc2)cc1. The molecule has 11 nitrogen and oxygen atoms in total. The van der Waals surface area contributed by atoms with Crippen molar-refractivity contribution < 1.29 is 26.6 Å². The smallest absolute Gasteiger partial charge is 0.269 e. The third-order valence-corrected chi connectivity index (χ3v) is 6.95. The Morgan fingerprint density at radius 1 is 0.871 bits per heavy atom. The Hall–Kier alpha value is -2.87. The number of sulfonamides is 2. The average Bonchev–Trinajstić information content (AvgIpc) is 2.72. The van der Waals surface area contributed by atoms with Crippen molar-refractivity contribution in [1.82, 2.24) is 9.44 Å². The third-order valence-electron chi connectivity index (χ3n) is 3.99. The standard InChI is InChI=1S/C18H22N4O7S2/c1-2-12-19-30(26,27)16-7-3-14(4-8-16)21-18(23)11-13-20-31(28,29)17-9-5-15(6-10-17)22(24)25/h3-10,19-20H,2,11-13H2,1H3,(H,21,23). The van der Waals surface area contributed by atoms with E-state index in [1.54, 1.807) is 0 Å². The molecule has 0 atom stereocenters. The molecule has 2 aromatic carbocycles. The third kappa shape index (κ3) is 7.10. The minimum absolute atomic E-state index is 0.0646. The Morgan fingerprint density at radius 3 is 1.84 bits per heavy atom. The molecular weight excluding hydrogens is 448 g/mol. The van der Waals surface area contributed by atoms with E-state index in [0.29, 0.717) is 18.7 Å². The zero-order valence-corrected chi connectivity index (χ0v) is 18.2. The van der Waals surface area contributed by atoms with Gasteiger partial charge in [-0.05, 0) is 42.8 Å². The largest absolute Gasteiger partial charge is 0.326 e. The van der Waals surface area contributed by atoms with Gasteiger partial charge in [-0.1, -0.05) is 6.92 Å². The lowest BCUT2D eigenvalue weighted by Gasteiger charge is -2.09. The zero-order valence-electron chi connectivity index (χ0n) is 16.6. The van der Waals surface area contributed by atoms with Crippen LogP contribution in [0.5, 0.6) is 0 Å². The van der Waals surface area contributed by atoms with Crippen molar-refractivity contribution >= 4 is 37.3 Å². The first-order valence-electron chi connectivity index (χ1n) is 9.19. The molecule has 1 amide bonds. The van der Waals surface area contributed by atoms with Gasteiger partial charge in [0.1, 0.15) is 0 Å². The predicted octanol–water partition coefficient (Wildman–Crippen LogP) is 1.59. The van der Waals surface area contributed by atoms with Gasteiger partial charge < -0.3 is 5.32 Å². The summed E-state index contributed by atoms with van der Waals surface area (Å²) in [7, 11) is -7.54. The molecule has 0 heterocycles. The van der Waals surface area contributed by atoms with Gasteiger partial charge >= 0.3 is 0 Å². The minimum Gasteiger partial charge on any atom is -0.326 e. The molecule has 0 fully saturated rings. The molecule has 0 aliphatic rings. The summed E-state index contributed by atoms with van der Waals surface area (Å²) < 4.78 is 53.1. The van der Waals surface area contributed by atoms with Crippen molar-refractivity contribution in [2.24, 2.45) is 0 Å². The molecule has 0 unspecified atom stereocenters. The summed E-state index contributed by atoms with van der Waals surface area (Å²) in [6.45, 7) is 1.96. The second-order valence-electron chi connectivity index (χ2n) is 6.37. The van der Waals surface area contributed by atoms with Crippen LogP contribution in [0.15, 0.2) is 58.3 Å². The van der Waals surface area contributed by atoms with Gasteiger partial charge in [-0.15, -0.1) is 0 Å². The van der Waals surface area contributed by atoms with Gasteiger partial charge in [0.2, 0.25) is 26.0 Å². The molecule has 3 N–H and O–H groups in total. The van der Waals surface area contributed by atoms with Gasteiger partial charge in [-0.2, -0.15) is 0 Å². The molecule has 2 rings (SSSR count). The minimum atomic E-state index is -3.93. The van der Waals surface area contributed by atoms with E-state index in [9.17, 15) is 31.7 Å². The highest BCUT2D eigenvalue weighted by Crippen LogP contribution is 2.16. The Bertz CT molecular complexity index is 1130. The van der Waals surface area contributed by atoms with Crippen LogP contribution in [0.1, 0.15) is 19.8 Å². The number of hydrogen-bond acceptors (Lipinski definition) is 7. The molecule has 0 aliphatic heterocycles. The molecule has 0 aliphatic carbocycles. The van der Waals surface area contributed by atoms with Crippen LogP contribution in [-0.4, -0.2) is 40.8 Å². The molecule has 31 heavy (non-hydrogen) atoms. The van der Waals surface area contributed by atoms with Gasteiger partial charge in [-0.3, -0.25) is 14.9 Å². The summed E-state index contributed by atoms with van der Waals surface area (Å²) >= 11 is 0. The molecule has 2 aromatic rings. The lowest BCUT2D eigenvalue weighted by atomic mass is 10.3. The number of rotatable bonds is 11. The van der Waals surface area contributed by atoms with Crippen LogP contribution < -0.4 is 14.8 Å². The summed E-state index contributed by atoms with van der Waals surface area (Å²) in [5, 5.41) is 13.2. The maximum Gasteiger partial charge on any atom is 0.269 e. The van der Waals surface area contributed by atoms with Crippen LogP contribution in [0, 0.1) is 10.1 Å². The van der Waals surface area contributed by atoms with Crippen molar-refractivity contribution in [2.75, 3.05) is 18.4 Å². The van der Waals surface area contributed by atoms with E-state index >= 15 is 0 Å². The summed E-state index contributed by atoms with van der Waals surface area (Å²) in [5.41, 5.74) is 0.121. The number of anilines is 1. The summed E-state index contributed by atoms with van der Waals surface area (Å²) in [6.07, 6.45) is 0.478. The van der Waals surface area contributed by atoms with Crippen molar-refractivity contribution in [1.29, 1.82) is 0 Å². The van der Waals surface area contributed by atoms with E-state index in [1.807, 2.05) is 6.92 Å². The molecule has 0 spiro atoms. The molecule has 168 valence electrons. The van der Waals surface area contributed by atoms with Gasteiger partial charge in [0, 0.05) is 37.3 Å². The van der Waals surface area contributed by atoms with Gasteiger partial charge in [0.15, 0.2) is 0 Å². The fraction of sp³-hybridized carbons (Fsp3) is 0.278. The molecule has 0 bridgehead atoms. The van der Waals surface area contributed by atoms with Crippen molar-refractivity contribution in [3.8, 4) is 0 Å². The molecule has 13 heteroatoms. The van der Waals surface area contributed by atoms with Crippen molar-refractivity contribution in [3.05, 3.63) is 58.6 Å². The lowest BCUT2D eigenvalue weighted by Crippen LogP contribution is -2.27. The molecule has 0 radical (unpaired) electrons. The van der Waals surface area contributed by atoms with Crippen molar-refractivity contribution in [2.45, 2.75) is 29.6 Å². The lowest BCUT2D eigenvalue weighted by molar-refractivity contribution is -0.384. The summed E-state index contributed by atoms with van der Waals surface area (Å²) in [4.78, 5) is 21.9. The highest BCUT2D eigenvalue weighted by atomic mass is 32.2.